The molecule has 9 rings (SSSR count). The van der Waals surface area contributed by atoms with Crippen LogP contribution in [0, 0.1) is 142 Å². The minimum Gasteiger partial charge on any atom is -0.250 e. The van der Waals surface area contributed by atoms with Crippen LogP contribution in [0.5, 0.6) is 0 Å². The Morgan fingerprint density at radius 3 is 0.701 bits per heavy atom. The summed E-state index contributed by atoms with van der Waals surface area (Å²) in [6.45, 7) is 0. The minimum atomic E-state index is -0.764. The van der Waals surface area contributed by atoms with E-state index in [1.807, 2.05) is 109 Å². The number of benzene rings is 9. The Bertz CT molecular complexity index is 4200. The second kappa shape index (κ2) is 38.2. The summed E-state index contributed by atoms with van der Waals surface area (Å²) in [5.41, 5.74) is 10.1. The van der Waals surface area contributed by atoms with Gasteiger partial charge in [0.1, 0.15) is 36.1 Å². The number of hydrogen-bond donors (Lipinski definition) is 0. The summed E-state index contributed by atoms with van der Waals surface area (Å²) in [6, 6.07) is 88.7. The van der Waals surface area contributed by atoms with Crippen molar-refractivity contribution in [1.29, 1.82) is 0 Å². The van der Waals surface area contributed by atoms with Crippen LogP contribution in [0.4, 0.5) is 0 Å². The first-order chi connectivity index (χ1) is 48.1. The largest absolute Gasteiger partial charge is 0.250 e. The van der Waals surface area contributed by atoms with Gasteiger partial charge in [-0.2, -0.15) is 0 Å². The lowest BCUT2D eigenvalue weighted by molar-refractivity contribution is -0.424. The molecule has 0 aliphatic carbocycles. The van der Waals surface area contributed by atoms with Gasteiger partial charge in [-0.15, -0.1) is 32.3 Å². The molecular weight excluding hydrogens is 1260 g/mol. The van der Waals surface area contributed by atoms with Crippen molar-refractivity contribution in [3.05, 3.63) is 322 Å². The third-order valence-electron chi connectivity index (χ3n) is 15.4. The smallest absolute Gasteiger partial charge is 0.174 e. The molecule has 9 nitrogen and oxygen atoms in total. The highest BCUT2D eigenvalue weighted by Crippen LogP contribution is 2.47. The highest BCUT2D eigenvalue weighted by atomic mass is 32.2. The molecule has 0 aliphatic rings. The number of rotatable bonds is 24. The Morgan fingerprint density at radius 2 is 0.485 bits per heavy atom. The van der Waals surface area contributed by atoms with E-state index >= 15 is 0 Å². The zero-order chi connectivity index (χ0) is 67.2. The maximum absolute atomic E-state index is 5.16. The first-order valence-corrected chi connectivity index (χ1v) is 31.7. The second-order valence-electron chi connectivity index (χ2n) is 20.4. The molecule has 464 valence electrons. The zero-order valence-corrected chi connectivity index (χ0v) is 54.0. The molecule has 0 bridgehead atoms. The van der Waals surface area contributed by atoms with E-state index in [4.69, 9.17) is 46.9 Å². The van der Waals surface area contributed by atoms with Crippen LogP contribution in [0.15, 0.2) is 255 Å². The maximum Gasteiger partial charge on any atom is 0.174 e. The first kappa shape index (κ1) is 69.3. The molecule has 0 amide bonds. The van der Waals surface area contributed by atoms with E-state index in [1.165, 1.54) is 0 Å². The maximum atomic E-state index is 5.16. The summed E-state index contributed by atoms with van der Waals surface area (Å²) >= 11 is 1.97. The summed E-state index contributed by atoms with van der Waals surface area (Å²) in [5.74, 6) is 40.5. The molecule has 9 aromatic carbocycles. The molecule has 0 saturated carbocycles. The molecule has 0 unspecified atom stereocenters. The predicted octanol–water partition coefficient (Wildman–Crippen LogP) is 16.3. The highest BCUT2D eigenvalue weighted by molar-refractivity contribution is 7.99. The lowest BCUT2D eigenvalue weighted by Crippen LogP contribution is -2.29. The molecule has 0 radical (unpaired) electrons. The van der Waals surface area contributed by atoms with Gasteiger partial charge in [0.2, 0.25) is 0 Å². The van der Waals surface area contributed by atoms with Crippen molar-refractivity contribution in [3.8, 4) is 142 Å². The zero-order valence-electron chi connectivity index (χ0n) is 51.6. The Labute approximate surface area is 580 Å². The molecule has 0 heterocycles. The van der Waals surface area contributed by atoms with Crippen LogP contribution in [0.3, 0.4) is 0 Å². The van der Waals surface area contributed by atoms with E-state index in [0.29, 0.717) is 55.4 Å². The van der Waals surface area contributed by atoms with Gasteiger partial charge in [-0.05, 0) is 120 Å². The molecule has 0 saturated heterocycles. The molecule has 0 spiro atoms. The van der Waals surface area contributed by atoms with Crippen LogP contribution in [-0.2, 0) is 59.0 Å². The molecule has 0 aliphatic heterocycles. The Hall–Kier alpha value is -12.1. The van der Waals surface area contributed by atoms with Gasteiger partial charge in [-0.25, -0.2) is 0 Å². The van der Waals surface area contributed by atoms with Gasteiger partial charge in [0.05, 0.1) is 16.2 Å². The van der Waals surface area contributed by atoms with Crippen LogP contribution in [0.25, 0.3) is 0 Å². The molecule has 9 aromatic rings. The standard InChI is InChI=1S/C85H52O9S3/c1-4-7-67-95-92-89-86-64-34-16-31-61-83(73-37-19-10-20-38-73,74-39-21-11-22-40-74)79-55-49-70(50-56-79)82(71-51-57-80(58-52-71)84(75-41-23-12-24-42-75,76-43-25-13-26-44-76)62-32-17-35-65-87-90-93-96-68-8-5-2)72-53-59-81(60-54-72)85(77-45-27-14-28-46-77,78-47-29-15-30-48-78)63-33-18-36-66-88-91-94-97-69-9-6-3/h1-3,10-15,19-30,37-60,82H,61-63H2. The van der Waals surface area contributed by atoms with Crippen molar-refractivity contribution in [3.63, 3.8) is 0 Å². The molecule has 0 atom stereocenters. The summed E-state index contributed by atoms with van der Waals surface area (Å²) in [6.07, 6.45) is 23.7. The fraction of sp³-hybridized carbons (Fsp3) is 0.0824. The first-order valence-electron chi connectivity index (χ1n) is 29.5. The Kier molecular flexibility index (Phi) is 27.3. The van der Waals surface area contributed by atoms with Crippen molar-refractivity contribution in [1.82, 2.24) is 0 Å². The van der Waals surface area contributed by atoms with E-state index in [-0.39, 0.29) is 5.92 Å². The average molecular weight is 1310 g/mol. The van der Waals surface area contributed by atoms with Gasteiger partial charge in [0.25, 0.3) is 0 Å². The fourth-order valence-corrected chi connectivity index (χ4v) is 11.9. The molecule has 0 N–H and O–H groups in total. The number of hydrogen-bond acceptors (Lipinski definition) is 12. The third-order valence-corrected chi connectivity index (χ3v) is 16.3. The normalized spacial score (nSPS) is 10.1. The summed E-state index contributed by atoms with van der Waals surface area (Å²) in [5, 5.41) is 21.3. The van der Waals surface area contributed by atoms with E-state index < -0.39 is 16.2 Å². The van der Waals surface area contributed by atoms with E-state index in [0.717, 1.165) is 66.8 Å². The summed E-state index contributed by atoms with van der Waals surface area (Å²) in [7, 11) is 0. The van der Waals surface area contributed by atoms with Gasteiger partial charge >= 0.3 is 0 Å². The van der Waals surface area contributed by atoms with Gasteiger partial charge in [-0.1, -0.05) is 273 Å². The number of terminal acetylenes is 3. The third kappa shape index (κ3) is 18.6. The average Bonchev–Trinajstić information content (AvgIpc) is 0.771. The summed E-state index contributed by atoms with van der Waals surface area (Å²) < 4.78 is 14.3. The topological polar surface area (TPSA) is 83.1 Å². The van der Waals surface area contributed by atoms with Crippen LogP contribution in [0.1, 0.15) is 91.9 Å². The fourth-order valence-electron chi connectivity index (χ4n) is 11.4. The lowest BCUT2D eigenvalue weighted by Gasteiger charge is -2.35. The van der Waals surface area contributed by atoms with Crippen LogP contribution >= 0.6 is 36.1 Å². The second-order valence-corrected chi connectivity index (χ2v) is 21.9. The quantitative estimate of drug-likeness (QED) is 0.0144. The minimum absolute atomic E-state index is 0.303. The Morgan fingerprint density at radius 1 is 0.268 bits per heavy atom. The van der Waals surface area contributed by atoms with Crippen molar-refractivity contribution < 1.29 is 42.8 Å². The molecular formula is C85H52O9S3. The van der Waals surface area contributed by atoms with Crippen LogP contribution in [-0.4, -0.2) is 0 Å². The van der Waals surface area contributed by atoms with E-state index in [1.54, 1.807) is 0 Å². The van der Waals surface area contributed by atoms with Gasteiger partial charge in [0, 0.05) is 73.8 Å². The molecule has 0 aromatic heterocycles. The van der Waals surface area contributed by atoms with Gasteiger partial charge in [-0.3, -0.25) is 14.7 Å². The van der Waals surface area contributed by atoms with Gasteiger partial charge in [0.15, 0.2) is 18.3 Å². The molecule has 0 fully saturated rings. The molecule has 12 heteroatoms. The highest BCUT2D eigenvalue weighted by Gasteiger charge is 2.39. The van der Waals surface area contributed by atoms with Crippen molar-refractivity contribution in [2.45, 2.75) is 41.4 Å². The van der Waals surface area contributed by atoms with Crippen molar-refractivity contribution in [2.75, 3.05) is 0 Å². The van der Waals surface area contributed by atoms with Crippen molar-refractivity contribution in [2.24, 2.45) is 0 Å². The lowest BCUT2D eigenvalue weighted by atomic mass is 9.66. The van der Waals surface area contributed by atoms with Crippen LogP contribution < -0.4 is 0 Å². The predicted molar refractivity (Wildman–Crippen MR) is 381 cm³/mol. The summed E-state index contributed by atoms with van der Waals surface area (Å²) in [4.78, 5) is 14.5. The van der Waals surface area contributed by atoms with E-state index in [9.17, 15) is 0 Å². The Balaban J connectivity index is 1.17. The van der Waals surface area contributed by atoms with E-state index in [2.05, 4.69) is 284 Å². The van der Waals surface area contributed by atoms with Crippen molar-refractivity contribution >= 4 is 36.1 Å². The van der Waals surface area contributed by atoms with Crippen LogP contribution in [0.2, 0.25) is 0 Å². The monoisotopic (exact) mass is 1310 g/mol. The van der Waals surface area contributed by atoms with Gasteiger partial charge < -0.3 is 0 Å². The molecule has 97 heavy (non-hydrogen) atoms. The SMILES string of the molecule is C#CC#CSOOOC#CC#CCC(c1ccccc1)(c1ccccc1)c1ccc(C(c2ccc(C(CC#CC#COOOSC#CC#C)(c3ccccc3)c3ccccc3)cc2)c2ccc(C(CC#CC#COOOSC#CC#C)(c3ccccc3)c3ccccc3)cc2)cc1.